The Morgan fingerprint density at radius 2 is 1.95 bits per heavy atom. The lowest BCUT2D eigenvalue weighted by Crippen LogP contribution is -2.24. The summed E-state index contributed by atoms with van der Waals surface area (Å²) in [5.74, 6) is -0.544. The molecular weight excluding hydrogens is 281 g/mol. The van der Waals surface area contributed by atoms with Crippen LogP contribution in [-0.4, -0.2) is 13.5 Å². The zero-order valence-corrected chi connectivity index (χ0v) is 11.6. The molecule has 6 heteroatoms. The molecule has 0 bridgehead atoms. The molecule has 2 N–H and O–H groups in total. The van der Waals surface area contributed by atoms with Crippen molar-refractivity contribution in [2.45, 2.75) is 18.4 Å². The topological polar surface area (TPSA) is 66.4 Å². The third-order valence-electron chi connectivity index (χ3n) is 2.82. The maximum absolute atomic E-state index is 13.2. The van der Waals surface area contributed by atoms with E-state index in [1.165, 1.54) is 24.3 Å². The number of phenols is 1. The van der Waals surface area contributed by atoms with Crippen molar-refractivity contribution in [3.63, 3.8) is 0 Å². The number of nitrogens with one attached hydrogen (secondary N) is 1. The molecule has 0 amide bonds. The fourth-order valence-corrected chi connectivity index (χ4v) is 3.06. The van der Waals surface area contributed by atoms with E-state index in [0.29, 0.717) is 11.1 Å². The lowest BCUT2D eigenvalue weighted by molar-refractivity contribution is 0.474. The lowest BCUT2D eigenvalue weighted by Gasteiger charge is -2.09. The average molecular weight is 295 g/mol. The minimum absolute atomic E-state index is 0.0205. The highest BCUT2D eigenvalue weighted by Gasteiger charge is 2.17. The van der Waals surface area contributed by atoms with E-state index in [1.54, 1.807) is 19.1 Å². The molecule has 0 aromatic heterocycles. The van der Waals surface area contributed by atoms with E-state index in [4.69, 9.17) is 0 Å². The van der Waals surface area contributed by atoms with E-state index in [0.717, 1.165) is 6.07 Å². The number of aryl methyl sites for hydroxylation is 1. The molecule has 2 aromatic rings. The highest BCUT2D eigenvalue weighted by molar-refractivity contribution is 7.89. The van der Waals surface area contributed by atoms with Crippen LogP contribution in [0.1, 0.15) is 11.1 Å². The maximum Gasteiger partial charge on any atom is 0.241 e. The molecule has 20 heavy (non-hydrogen) atoms. The normalized spacial score (nSPS) is 11.5. The number of benzene rings is 2. The summed E-state index contributed by atoms with van der Waals surface area (Å²) >= 11 is 0. The van der Waals surface area contributed by atoms with E-state index in [2.05, 4.69) is 4.72 Å². The molecule has 0 heterocycles. The third kappa shape index (κ3) is 3.34. The second-order valence-electron chi connectivity index (χ2n) is 4.40. The Balaban J connectivity index is 2.21. The number of hydrogen-bond donors (Lipinski definition) is 2. The van der Waals surface area contributed by atoms with Gasteiger partial charge in [-0.25, -0.2) is 17.5 Å². The number of phenolic OH excluding ortho intramolecular Hbond substituents is 1. The first-order valence-electron chi connectivity index (χ1n) is 5.92. The second-order valence-corrected chi connectivity index (χ2v) is 6.14. The summed E-state index contributed by atoms with van der Waals surface area (Å²) in [6.07, 6.45) is 0. The van der Waals surface area contributed by atoms with Crippen LogP contribution in [0.3, 0.4) is 0 Å². The summed E-state index contributed by atoms with van der Waals surface area (Å²) in [4.78, 5) is -0.0855. The molecule has 2 rings (SSSR count). The maximum atomic E-state index is 13.2. The second kappa shape index (κ2) is 5.60. The highest BCUT2D eigenvalue weighted by Crippen LogP contribution is 2.17. The molecule has 2 aromatic carbocycles. The number of halogens is 1. The van der Waals surface area contributed by atoms with Gasteiger partial charge >= 0.3 is 0 Å². The van der Waals surface area contributed by atoms with E-state index in [9.17, 15) is 17.9 Å². The summed E-state index contributed by atoms with van der Waals surface area (Å²) in [6, 6.07) is 9.87. The predicted molar refractivity (Wildman–Crippen MR) is 73.3 cm³/mol. The first-order chi connectivity index (χ1) is 9.38. The van der Waals surface area contributed by atoms with Gasteiger partial charge in [0.05, 0.1) is 4.90 Å². The first-order valence-corrected chi connectivity index (χ1v) is 7.40. The minimum Gasteiger partial charge on any atom is -0.508 e. The van der Waals surface area contributed by atoms with Crippen molar-refractivity contribution < 1.29 is 17.9 Å². The standard InChI is InChI=1S/C14H14FNO3S/c1-10-5-6-12(15)8-14(10)20(18,19)16-9-11-3-2-4-13(17)7-11/h2-8,16-17H,9H2,1H3. The van der Waals surface area contributed by atoms with Gasteiger partial charge in [0, 0.05) is 6.54 Å². The summed E-state index contributed by atoms with van der Waals surface area (Å²) < 4.78 is 39.8. The van der Waals surface area contributed by atoms with Gasteiger partial charge in [-0.2, -0.15) is 0 Å². The monoisotopic (exact) mass is 295 g/mol. The van der Waals surface area contributed by atoms with Gasteiger partial charge in [0.15, 0.2) is 0 Å². The molecule has 4 nitrogen and oxygen atoms in total. The number of rotatable bonds is 4. The van der Waals surface area contributed by atoms with E-state index in [-0.39, 0.29) is 17.2 Å². The van der Waals surface area contributed by atoms with Crippen LogP contribution >= 0.6 is 0 Å². The largest absolute Gasteiger partial charge is 0.508 e. The SMILES string of the molecule is Cc1ccc(F)cc1S(=O)(=O)NCc1cccc(O)c1. The number of sulfonamides is 1. The summed E-state index contributed by atoms with van der Waals surface area (Å²) in [5, 5.41) is 9.31. The molecule has 0 radical (unpaired) electrons. The van der Waals surface area contributed by atoms with Crippen LogP contribution in [0.2, 0.25) is 0 Å². The number of aromatic hydroxyl groups is 1. The van der Waals surface area contributed by atoms with E-state index < -0.39 is 15.8 Å². The fraction of sp³-hybridized carbons (Fsp3) is 0.143. The average Bonchev–Trinajstić information content (AvgIpc) is 2.39. The zero-order chi connectivity index (χ0) is 14.8. The Morgan fingerprint density at radius 1 is 1.20 bits per heavy atom. The summed E-state index contributed by atoms with van der Waals surface area (Å²) in [7, 11) is -3.80. The summed E-state index contributed by atoms with van der Waals surface area (Å²) in [6.45, 7) is 1.62. The Labute approximate surface area is 116 Å². The Hall–Kier alpha value is -1.92. The lowest BCUT2D eigenvalue weighted by atomic mass is 10.2. The van der Waals surface area contributed by atoms with Crippen LogP contribution in [0, 0.1) is 12.7 Å². The van der Waals surface area contributed by atoms with Crippen LogP contribution in [0.4, 0.5) is 4.39 Å². The van der Waals surface area contributed by atoms with Crippen LogP contribution in [-0.2, 0) is 16.6 Å². The zero-order valence-electron chi connectivity index (χ0n) is 10.8. The van der Waals surface area contributed by atoms with Gasteiger partial charge in [-0.1, -0.05) is 18.2 Å². The van der Waals surface area contributed by atoms with Gasteiger partial charge in [0.2, 0.25) is 10.0 Å². The van der Waals surface area contributed by atoms with Crippen LogP contribution in [0.25, 0.3) is 0 Å². The van der Waals surface area contributed by atoms with Crippen molar-refractivity contribution >= 4 is 10.0 Å². The smallest absolute Gasteiger partial charge is 0.241 e. The molecule has 0 spiro atoms. The van der Waals surface area contributed by atoms with Crippen molar-refractivity contribution in [3.05, 3.63) is 59.4 Å². The van der Waals surface area contributed by atoms with Crippen LogP contribution in [0.15, 0.2) is 47.4 Å². The van der Waals surface area contributed by atoms with E-state index >= 15 is 0 Å². The molecule has 0 aliphatic carbocycles. The van der Waals surface area contributed by atoms with Gasteiger partial charge in [-0.05, 0) is 42.3 Å². The third-order valence-corrected chi connectivity index (χ3v) is 4.36. The van der Waals surface area contributed by atoms with Crippen molar-refractivity contribution in [1.29, 1.82) is 0 Å². The quantitative estimate of drug-likeness (QED) is 0.909. The van der Waals surface area contributed by atoms with Gasteiger partial charge in [0.1, 0.15) is 11.6 Å². The van der Waals surface area contributed by atoms with Crippen molar-refractivity contribution in [1.82, 2.24) is 4.72 Å². The van der Waals surface area contributed by atoms with Gasteiger partial charge in [0.25, 0.3) is 0 Å². The first kappa shape index (κ1) is 14.5. The van der Waals surface area contributed by atoms with Crippen molar-refractivity contribution in [3.8, 4) is 5.75 Å². The molecule has 0 saturated heterocycles. The minimum atomic E-state index is -3.80. The molecular formula is C14H14FNO3S. The summed E-state index contributed by atoms with van der Waals surface area (Å²) in [5.41, 5.74) is 1.08. The van der Waals surface area contributed by atoms with Crippen molar-refractivity contribution in [2.75, 3.05) is 0 Å². The molecule has 0 aliphatic rings. The predicted octanol–water partition coefficient (Wildman–Crippen LogP) is 2.32. The molecule has 0 unspecified atom stereocenters. The molecule has 0 aliphatic heterocycles. The highest BCUT2D eigenvalue weighted by atomic mass is 32.2. The molecule has 0 fully saturated rings. The van der Waals surface area contributed by atoms with Gasteiger partial charge in [-0.3, -0.25) is 0 Å². The number of hydrogen-bond acceptors (Lipinski definition) is 3. The molecule has 0 atom stereocenters. The van der Waals surface area contributed by atoms with Gasteiger partial charge in [-0.15, -0.1) is 0 Å². The Kier molecular flexibility index (Phi) is 4.06. The fourth-order valence-electron chi connectivity index (χ4n) is 1.79. The molecule has 0 saturated carbocycles. The Morgan fingerprint density at radius 3 is 2.65 bits per heavy atom. The van der Waals surface area contributed by atoms with Gasteiger partial charge < -0.3 is 5.11 Å². The Bertz CT molecular complexity index is 729. The van der Waals surface area contributed by atoms with Crippen LogP contribution < -0.4 is 4.72 Å². The van der Waals surface area contributed by atoms with E-state index in [1.807, 2.05) is 0 Å². The molecule has 106 valence electrons. The van der Waals surface area contributed by atoms with Crippen molar-refractivity contribution in [2.24, 2.45) is 0 Å². The van der Waals surface area contributed by atoms with Crippen LogP contribution in [0.5, 0.6) is 5.75 Å².